The minimum Gasteiger partial charge on any atom is -0.490 e. The predicted molar refractivity (Wildman–Crippen MR) is 145 cm³/mol. The quantitative estimate of drug-likeness (QED) is 0.196. The van der Waals surface area contributed by atoms with Gasteiger partial charge in [-0.25, -0.2) is 17.9 Å². The Bertz CT molecular complexity index is 1350. The van der Waals surface area contributed by atoms with E-state index < -0.39 is 27.6 Å². The molecule has 0 spiro atoms. The van der Waals surface area contributed by atoms with Gasteiger partial charge in [-0.05, 0) is 44.2 Å². The van der Waals surface area contributed by atoms with Crippen LogP contribution >= 0.6 is 22.6 Å². The van der Waals surface area contributed by atoms with Crippen LogP contribution in [0.15, 0.2) is 57.8 Å². The summed E-state index contributed by atoms with van der Waals surface area (Å²) in [6.45, 7) is 3.65. The summed E-state index contributed by atoms with van der Waals surface area (Å²) in [7, 11) is -0.537. The van der Waals surface area contributed by atoms with Crippen LogP contribution in [0.1, 0.15) is 24.4 Å². The second-order valence-corrected chi connectivity index (χ2v) is 11.1. The maximum absolute atomic E-state index is 13.0. The van der Waals surface area contributed by atoms with Gasteiger partial charge in [0.05, 0.1) is 6.54 Å². The molecule has 0 atom stereocenters. The zero-order valence-corrected chi connectivity index (χ0v) is 23.3. The Labute approximate surface area is 223 Å². The number of carbonyl (C=O) groups is 2. The summed E-state index contributed by atoms with van der Waals surface area (Å²) in [5, 5.41) is 3.22. The van der Waals surface area contributed by atoms with Crippen molar-refractivity contribution in [2.75, 3.05) is 36.6 Å². The fourth-order valence-electron chi connectivity index (χ4n) is 3.06. The van der Waals surface area contributed by atoms with Gasteiger partial charge in [-0.15, -0.1) is 0 Å². The van der Waals surface area contributed by atoms with Crippen LogP contribution in [0.3, 0.4) is 0 Å². The number of sulfonamides is 1. The molecule has 0 saturated carbocycles. The van der Waals surface area contributed by atoms with Gasteiger partial charge in [-0.1, -0.05) is 34.7 Å². The van der Waals surface area contributed by atoms with Crippen molar-refractivity contribution in [3.8, 4) is 5.75 Å². The second-order valence-electron chi connectivity index (χ2n) is 8.67. The number of para-hydroxylation sites is 1. The van der Waals surface area contributed by atoms with Gasteiger partial charge in [0.15, 0.2) is 5.76 Å². The number of halogens is 1. The largest absolute Gasteiger partial charge is 0.490 e. The van der Waals surface area contributed by atoms with Crippen LogP contribution in [0.5, 0.6) is 5.75 Å². The van der Waals surface area contributed by atoms with Gasteiger partial charge in [0.2, 0.25) is 0 Å². The molecule has 0 bridgehead atoms. The van der Waals surface area contributed by atoms with Crippen molar-refractivity contribution in [2.45, 2.75) is 24.3 Å². The van der Waals surface area contributed by atoms with E-state index in [-0.39, 0.29) is 29.6 Å². The van der Waals surface area contributed by atoms with Crippen LogP contribution in [0.4, 0.5) is 10.5 Å². The third-order valence-electron chi connectivity index (χ3n) is 4.93. The first-order chi connectivity index (χ1) is 16.9. The van der Waals surface area contributed by atoms with E-state index in [1.165, 1.54) is 24.3 Å². The molecule has 2 aromatic carbocycles. The van der Waals surface area contributed by atoms with Crippen molar-refractivity contribution in [1.82, 2.24) is 10.0 Å². The number of alkyl carbamates (subject to hydrolysis) is 1. The summed E-state index contributed by atoms with van der Waals surface area (Å²) < 4.78 is 45.0. The third kappa shape index (κ3) is 7.03. The third-order valence-corrected chi connectivity index (χ3v) is 8.14. The maximum Gasteiger partial charge on any atom is 0.407 e. The SMILES string of the molecule is CN(C)c1ccc2cc(C(=O)NS(=O)(=O)c3ccccc3OCCNC(=O)OC(C)(C)CI)oc2c1. The van der Waals surface area contributed by atoms with Crippen LogP contribution < -0.4 is 19.7 Å². The molecule has 0 aliphatic carbocycles. The molecule has 1 aromatic heterocycles. The average molecular weight is 629 g/mol. The van der Waals surface area contributed by atoms with E-state index in [1.54, 1.807) is 32.0 Å². The lowest BCUT2D eigenvalue weighted by Gasteiger charge is -2.22. The van der Waals surface area contributed by atoms with E-state index in [4.69, 9.17) is 13.9 Å². The van der Waals surface area contributed by atoms with Crippen LogP contribution in [0.25, 0.3) is 11.0 Å². The normalized spacial score (nSPS) is 11.7. The van der Waals surface area contributed by atoms with Crippen molar-refractivity contribution in [2.24, 2.45) is 0 Å². The van der Waals surface area contributed by atoms with E-state index >= 15 is 0 Å². The number of fused-ring (bicyclic) bond motifs is 1. The molecule has 2 amide bonds. The number of rotatable bonds is 10. The number of benzene rings is 2. The molecule has 0 unspecified atom stereocenters. The monoisotopic (exact) mass is 629 g/mol. The molecule has 12 heteroatoms. The molecule has 0 aliphatic rings. The predicted octanol–water partition coefficient (Wildman–Crippen LogP) is 3.94. The molecule has 194 valence electrons. The number of carbonyl (C=O) groups excluding carboxylic acids is 2. The van der Waals surface area contributed by atoms with Crippen molar-refractivity contribution in [3.05, 3.63) is 54.3 Å². The van der Waals surface area contributed by atoms with E-state index in [2.05, 4.69) is 27.9 Å². The van der Waals surface area contributed by atoms with Crippen molar-refractivity contribution in [3.63, 3.8) is 0 Å². The van der Waals surface area contributed by atoms with Crippen molar-refractivity contribution >= 4 is 61.3 Å². The van der Waals surface area contributed by atoms with Crippen LogP contribution in [0.2, 0.25) is 0 Å². The molecule has 1 heterocycles. The number of hydrogen-bond donors (Lipinski definition) is 2. The highest BCUT2D eigenvalue weighted by molar-refractivity contribution is 14.1. The number of ether oxygens (including phenoxy) is 2. The second kappa shape index (κ2) is 11.4. The topological polar surface area (TPSA) is 127 Å². The Kier molecular flexibility index (Phi) is 8.71. The average Bonchev–Trinajstić information content (AvgIpc) is 3.25. The van der Waals surface area contributed by atoms with E-state index in [0.29, 0.717) is 15.4 Å². The molecule has 0 saturated heterocycles. The smallest absolute Gasteiger partial charge is 0.407 e. The number of nitrogens with zero attached hydrogens (tertiary/aromatic N) is 1. The highest BCUT2D eigenvalue weighted by Gasteiger charge is 2.25. The standard InChI is InChI=1S/C24H28IN3O7S/c1-24(2,15-25)35-23(30)26-11-12-33-18-7-5-6-8-21(18)36(31,32)27-22(29)20-13-16-9-10-17(28(3)4)14-19(16)34-20/h5-10,13-14H,11-12,15H2,1-4H3,(H,26,30)(H,27,29). The molecule has 3 rings (SSSR count). The van der Waals surface area contributed by atoms with Crippen molar-refractivity contribution < 1.29 is 31.9 Å². The van der Waals surface area contributed by atoms with Crippen LogP contribution in [-0.2, 0) is 14.8 Å². The Morgan fingerprint density at radius 1 is 1.11 bits per heavy atom. The van der Waals surface area contributed by atoms with Gasteiger partial charge in [0.1, 0.15) is 28.4 Å². The molecular weight excluding hydrogens is 601 g/mol. The molecule has 0 fully saturated rings. The Hall–Kier alpha value is -3.00. The Morgan fingerprint density at radius 2 is 1.83 bits per heavy atom. The van der Waals surface area contributed by atoms with Gasteiger partial charge in [0.25, 0.3) is 10.0 Å². The van der Waals surface area contributed by atoms with Gasteiger partial charge < -0.3 is 24.1 Å². The number of alkyl halides is 1. The van der Waals surface area contributed by atoms with Crippen LogP contribution in [0, 0.1) is 0 Å². The molecule has 0 aliphatic heterocycles. The maximum atomic E-state index is 13.0. The van der Waals surface area contributed by atoms with Gasteiger partial charge in [-0.2, -0.15) is 0 Å². The lowest BCUT2D eigenvalue weighted by Crippen LogP contribution is -2.37. The number of furan rings is 1. The summed E-state index contributed by atoms with van der Waals surface area (Å²) in [5.74, 6) is -1.02. The fraction of sp³-hybridized carbons (Fsp3) is 0.333. The lowest BCUT2D eigenvalue weighted by atomic mass is 10.2. The Morgan fingerprint density at radius 3 is 2.53 bits per heavy atom. The van der Waals surface area contributed by atoms with E-state index in [1.807, 2.05) is 29.8 Å². The molecule has 0 radical (unpaired) electrons. The van der Waals surface area contributed by atoms with Crippen molar-refractivity contribution in [1.29, 1.82) is 0 Å². The van der Waals surface area contributed by atoms with Gasteiger partial charge in [0, 0.05) is 35.7 Å². The first-order valence-corrected chi connectivity index (χ1v) is 14.0. The molecule has 10 nitrogen and oxygen atoms in total. The zero-order valence-electron chi connectivity index (χ0n) is 20.3. The number of hydrogen-bond acceptors (Lipinski definition) is 8. The van der Waals surface area contributed by atoms with E-state index in [9.17, 15) is 18.0 Å². The number of nitrogens with one attached hydrogen (secondary N) is 2. The summed E-state index contributed by atoms with van der Waals surface area (Å²) in [4.78, 5) is 26.2. The first kappa shape index (κ1) is 27.6. The summed E-state index contributed by atoms with van der Waals surface area (Å²) >= 11 is 2.12. The molecule has 36 heavy (non-hydrogen) atoms. The van der Waals surface area contributed by atoms with Crippen LogP contribution in [-0.4, -0.2) is 57.7 Å². The number of anilines is 1. The molecule has 2 N–H and O–H groups in total. The minimum absolute atomic E-state index is 0.0158. The minimum atomic E-state index is -4.28. The molecule has 3 aromatic rings. The molecular formula is C24H28IN3O7S. The Balaban J connectivity index is 1.66. The highest BCUT2D eigenvalue weighted by atomic mass is 127. The fourth-order valence-corrected chi connectivity index (χ4v) is 4.32. The summed E-state index contributed by atoms with van der Waals surface area (Å²) in [6, 6.07) is 12.8. The zero-order chi connectivity index (χ0) is 26.5. The first-order valence-electron chi connectivity index (χ1n) is 10.9. The summed E-state index contributed by atoms with van der Waals surface area (Å²) in [5.41, 5.74) is 0.721. The number of amides is 2. The lowest BCUT2D eigenvalue weighted by molar-refractivity contribution is 0.0572. The van der Waals surface area contributed by atoms with E-state index in [0.717, 1.165) is 5.69 Å². The summed E-state index contributed by atoms with van der Waals surface area (Å²) in [6.07, 6.45) is -0.600. The van der Waals surface area contributed by atoms with Gasteiger partial charge >= 0.3 is 12.0 Å². The highest BCUT2D eigenvalue weighted by Crippen LogP contribution is 2.26. The van der Waals surface area contributed by atoms with Gasteiger partial charge in [-0.3, -0.25) is 4.79 Å².